The van der Waals surface area contributed by atoms with E-state index in [9.17, 15) is 4.79 Å². The number of halogens is 2. The fraction of sp³-hybridized carbons (Fsp3) is 0.364. The highest BCUT2D eigenvalue weighted by Gasteiger charge is 2.21. The van der Waals surface area contributed by atoms with Crippen LogP contribution in [0.15, 0.2) is 36.4 Å². The largest absolute Gasteiger partial charge is 0.494 e. The van der Waals surface area contributed by atoms with Crippen LogP contribution in [0.4, 0.5) is 5.13 Å². The molecule has 3 rings (SSSR count). The summed E-state index contributed by atoms with van der Waals surface area (Å²) in [4.78, 5) is 21.5. The second kappa shape index (κ2) is 11.5. The normalized spacial score (nSPS) is 10.8. The zero-order valence-electron chi connectivity index (χ0n) is 18.1. The Morgan fingerprint density at radius 2 is 1.71 bits per heavy atom. The Labute approximate surface area is 198 Å². The van der Waals surface area contributed by atoms with Gasteiger partial charge in [-0.25, -0.2) is 4.98 Å². The lowest BCUT2D eigenvalue weighted by Crippen LogP contribution is -2.39. The van der Waals surface area contributed by atoms with Crippen LogP contribution in [0.3, 0.4) is 0 Å². The quantitative estimate of drug-likeness (QED) is 0.426. The van der Waals surface area contributed by atoms with Crippen LogP contribution in [0, 0.1) is 6.92 Å². The highest BCUT2D eigenvalue weighted by atomic mass is 35.5. The highest BCUT2D eigenvalue weighted by Crippen LogP contribution is 2.33. The molecule has 1 aromatic heterocycles. The first kappa shape index (κ1) is 25.2. The Hall–Kier alpha value is -2.06. The number of hydrogen-bond donors (Lipinski definition) is 0. The number of thiazole rings is 1. The maximum atomic E-state index is 13.0. The standard InChI is InChI=1S/C22H26ClN3O3S.ClH/c1-5-28-16-6-8-17(9-7-16)29-14-20(27)26(13-12-25(3)4)22-24-21-15(2)18(23)10-11-19(21)30-22;/h6-11H,5,12-14H2,1-4H3;1H. The van der Waals surface area contributed by atoms with Crippen molar-refractivity contribution in [3.05, 3.63) is 47.0 Å². The van der Waals surface area contributed by atoms with Crippen molar-refractivity contribution in [1.29, 1.82) is 0 Å². The summed E-state index contributed by atoms with van der Waals surface area (Å²) in [7, 11) is 3.95. The second-order valence-electron chi connectivity index (χ2n) is 7.06. The van der Waals surface area contributed by atoms with Crippen molar-refractivity contribution in [2.45, 2.75) is 13.8 Å². The van der Waals surface area contributed by atoms with Crippen molar-refractivity contribution in [2.75, 3.05) is 45.3 Å². The maximum absolute atomic E-state index is 13.0. The van der Waals surface area contributed by atoms with Gasteiger partial charge in [0, 0.05) is 18.1 Å². The van der Waals surface area contributed by atoms with Crippen LogP contribution in [-0.4, -0.2) is 56.2 Å². The molecule has 2 aromatic carbocycles. The Morgan fingerprint density at radius 1 is 1.06 bits per heavy atom. The van der Waals surface area contributed by atoms with Gasteiger partial charge < -0.3 is 14.4 Å². The molecule has 0 spiro atoms. The van der Waals surface area contributed by atoms with Gasteiger partial charge in [-0.05, 0) is 69.9 Å². The first-order valence-corrected chi connectivity index (χ1v) is 10.9. The van der Waals surface area contributed by atoms with E-state index >= 15 is 0 Å². The number of aryl methyl sites for hydroxylation is 1. The second-order valence-corrected chi connectivity index (χ2v) is 8.47. The van der Waals surface area contributed by atoms with Crippen LogP contribution in [0.2, 0.25) is 5.02 Å². The third-order valence-electron chi connectivity index (χ3n) is 4.54. The van der Waals surface area contributed by atoms with E-state index in [1.54, 1.807) is 17.0 Å². The number of fused-ring (bicyclic) bond motifs is 1. The van der Waals surface area contributed by atoms with Crippen molar-refractivity contribution in [2.24, 2.45) is 0 Å². The Kier molecular flexibility index (Phi) is 9.37. The van der Waals surface area contributed by atoms with Gasteiger partial charge in [0.25, 0.3) is 5.91 Å². The molecule has 6 nitrogen and oxygen atoms in total. The third-order valence-corrected chi connectivity index (χ3v) is 5.99. The average Bonchev–Trinajstić information content (AvgIpc) is 3.15. The molecule has 0 atom stereocenters. The van der Waals surface area contributed by atoms with E-state index in [1.807, 2.05) is 57.1 Å². The average molecular weight is 484 g/mol. The number of amides is 1. The van der Waals surface area contributed by atoms with Crippen LogP contribution in [-0.2, 0) is 4.79 Å². The number of rotatable bonds is 9. The molecule has 0 aliphatic carbocycles. The molecule has 0 unspecified atom stereocenters. The third kappa shape index (κ3) is 6.46. The zero-order valence-corrected chi connectivity index (χ0v) is 20.4. The van der Waals surface area contributed by atoms with Gasteiger partial charge in [0.05, 0.1) is 16.8 Å². The number of nitrogens with zero attached hydrogens (tertiary/aromatic N) is 3. The van der Waals surface area contributed by atoms with Crippen molar-refractivity contribution in [3.8, 4) is 11.5 Å². The van der Waals surface area contributed by atoms with Gasteiger partial charge in [0.2, 0.25) is 0 Å². The van der Waals surface area contributed by atoms with Crippen LogP contribution in [0.25, 0.3) is 10.2 Å². The number of aromatic nitrogens is 1. The van der Waals surface area contributed by atoms with Gasteiger partial charge in [-0.1, -0.05) is 22.9 Å². The Bertz CT molecular complexity index is 1010. The molecule has 1 heterocycles. The number of hydrogen-bond acceptors (Lipinski definition) is 6. The molecule has 0 fully saturated rings. The summed E-state index contributed by atoms with van der Waals surface area (Å²) in [6, 6.07) is 11.1. The van der Waals surface area contributed by atoms with E-state index in [1.165, 1.54) is 11.3 Å². The van der Waals surface area contributed by atoms with Gasteiger partial charge in [0.15, 0.2) is 11.7 Å². The van der Waals surface area contributed by atoms with Crippen LogP contribution < -0.4 is 14.4 Å². The van der Waals surface area contributed by atoms with Gasteiger partial charge >= 0.3 is 0 Å². The van der Waals surface area contributed by atoms with Crippen molar-refractivity contribution >= 4 is 56.6 Å². The predicted molar refractivity (Wildman–Crippen MR) is 131 cm³/mol. The van der Waals surface area contributed by atoms with Crippen LogP contribution in [0.5, 0.6) is 11.5 Å². The lowest BCUT2D eigenvalue weighted by Gasteiger charge is -2.22. The molecule has 0 saturated heterocycles. The van der Waals surface area contributed by atoms with E-state index in [4.69, 9.17) is 26.1 Å². The molecular formula is C22H27Cl2N3O3S. The Balaban J connectivity index is 0.00000341. The van der Waals surface area contributed by atoms with E-state index < -0.39 is 0 Å². The van der Waals surface area contributed by atoms with Crippen LogP contribution in [0.1, 0.15) is 12.5 Å². The molecule has 0 saturated carbocycles. The lowest BCUT2D eigenvalue weighted by molar-refractivity contribution is -0.120. The number of anilines is 1. The zero-order chi connectivity index (χ0) is 21.7. The molecule has 0 bridgehead atoms. The van der Waals surface area contributed by atoms with Crippen molar-refractivity contribution in [3.63, 3.8) is 0 Å². The van der Waals surface area contributed by atoms with Crippen LogP contribution >= 0.6 is 35.3 Å². The summed E-state index contributed by atoms with van der Waals surface area (Å²) in [5, 5.41) is 1.32. The number of carbonyl (C=O) groups is 1. The molecule has 1 amide bonds. The molecule has 0 N–H and O–H groups in total. The first-order valence-electron chi connectivity index (χ1n) is 9.75. The SMILES string of the molecule is CCOc1ccc(OCC(=O)N(CCN(C)C)c2nc3c(C)c(Cl)ccc3s2)cc1.Cl. The minimum absolute atomic E-state index is 0. The number of ether oxygens (including phenoxy) is 2. The lowest BCUT2D eigenvalue weighted by atomic mass is 10.2. The van der Waals surface area contributed by atoms with E-state index in [0.717, 1.165) is 21.5 Å². The van der Waals surface area contributed by atoms with Gasteiger partial charge in [0.1, 0.15) is 11.5 Å². The molecule has 0 radical (unpaired) electrons. The van der Waals surface area contributed by atoms with Crippen molar-refractivity contribution in [1.82, 2.24) is 9.88 Å². The monoisotopic (exact) mass is 483 g/mol. The van der Waals surface area contributed by atoms with E-state index in [-0.39, 0.29) is 24.9 Å². The first-order chi connectivity index (χ1) is 14.4. The van der Waals surface area contributed by atoms with Gasteiger partial charge in [-0.15, -0.1) is 12.4 Å². The summed E-state index contributed by atoms with van der Waals surface area (Å²) in [6.07, 6.45) is 0. The summed E-state index contributed by atoms with van der Waals surface area (Å²) in [5.74, 6) is 1.24. The predicted octanol–water partition coefficient (Wildman–Crippen LogP) is 5.05. The number of benzene rings is 2. The smallest absolute Gasteiger partial charge is 0.266 e. The number of likely N-dealkylation sites (N-methyl/N-ethyl adjacent to an activating group) is 1. The van der Waals surface area contributed by atoms with Gasteiger partial charge in [-0.2, -0.15) is 0 Å². The maximum Gasteiger partial charge on any atom is 0.266 e. The molecule has 0 aliphatic heterocycles. The summed E-state index contributed by atoms with van der Waals surface area (Å²) < 4.78 is 12.2. The summed E-state index contributed by atoms with van der Waals surface area (Å²) in [5.41, 5.74) is 1.75. The Morgan fingerprint density at radius 3 is 2.32 bits per heavy atom. The molecule has 3 aromatic rings. The molecule has 168 valence electrons. The van der Waals surface area contributed by atoms with E-state index in [0.29, 0.717) is 35.6 Å². The molecule has 31 heavy (non-hydrogen) atoms. The molecular weight excluding hydrogens is 457 g/mol. The van der Waals surface area contributed by atoms with E-state index in [2.05, 4.69) is 0 Å². The van der Waals surface area contributed by atoms with Gasteiger partial charge in [-0.3, -0.25) is 9.69 Å². The molecule has 9 heteroatoms. The highest BCUT2D eigenvalue weighted by molar-refractivity contribution is 7.22. The molecule has 0 aliphatic rings. The topological polar surface area (TPSA) is 54.9 Å². The minimum Gasteiger partial charge on any atom is -0.494 e. The fourth-order valence-electron chi connectivity index (χ4n) is 2.85. The number of carbonyl (C=O) groups excluding carboxylic acids is 1. The minimum atomic E-state index is -0.145. The summed E-state index contributed by atoms with van der Waals surface area (Å²) >= 11 is 7.72. The summed E-state index contributed by atoms with van der Waals surface area (Å²) in [6.45, 7) is 5.64. The fourth-order valence-corrected chi connectivity index (χ4v) is 4.07. The van der Waals surface area contributed by atoms with Crippen molar-refractivity contribution < 1.29 is 14.3 Å².